The molecule has 1 saturated heterocycles. The van der Waals surface area contributed by atoms with Crippen LogP contribution in [0.3, 0.4) is 0 Å². The third kappa shape index (κ3) is 7.75. The Morgan fingerprint density at radius 1 is 1.38 bits per heavy atom. The molecule has 1 fully saturated rings. The lowest BCUT2D eigenvalue weighted by Gasteiger charge is -2.32. The molecule has 1 rings (SSSR count). The molecule has 136 valence electrons. The Bertz CT molecular complexity index is 456. The van der Waals surface area contributed by atoms with E-state index in [0.717, 1.165) is 19.3 Å². The Labute approximate surface area is 142 Å². The zero-order valence-electron chi connectivity index (χ0n) is 14.1. The first-order chi connectivity index (χ1) is 11.4. The van der Waals surface area contributed by atoms with Crippen molar-refractivity contribution in [2.75, 3.05) is 0 Å². The lowest BCUT2D eigenvalue weighted by atomic mass is 9.87. The molecular formula is C18H28O6. The lowest BCUT2D eigenvalue weighted by molar-refractivity contribution is -0.163. The van der Waals surface area contributed by atoms with E-state index >= 15 is 0 Å². The summed E-state index contributed by atoms with van der Waals surface area (Å²) in [4.78, 5) is 22.0. The van der Waals surface area contributed by atoms with Gasteiger partial charge in [0.15, 0.2) is 0 Å². The highest BCUT2D eigenvalue weighted by molar-refractivity contribution is 5.71. The monoisotopic (exact) mass is 340 g/mol. The first-order valence-electron chi connectivity index (χ1n) is 8.54. The van der Waals surface area contributed by atoms with Crippen molar-refractivity contribution >= 4 is 11.9 Å². The largest absolute Gasteiger partial charge is 0.481 e. The highest BCUT2D eigenvalue weighted by atomic mass is 16.5. The number of aliphatic carboxylic acids is 1. The topological polar surface area (TPSA) is 104 Å². The second-order valence-electron chi connectivity index (χ2n) is 6.14. The molecule has 3 N–H and O–H groups in total. The molecule has 6 heteroatoms. The standard InChI is InChI=1S/C18H28O6/c1-2-3-4-7-13(19)10-11-16-14(8-5-6-9-17(21)22)15(20)12-18(23)24-16/h5-6,10-11,13-16,19-20H,2-4,7-9,12H2,1H3,(H,21,22)/t13-,14-,15-,16+/m0/s1. The van der Waals surface area contributed by atoms with Crippen LogP contribution in [0.4, 0.5) is 0 Å². The van der Waals surface area contributed by atoms with E-state index in [9.17, 15) is 19.8 Å². The molecule has 1 aliphatic rings. The van der Waals surface area contributed by atoms with Gasteiger partial charge in [0, 0.05) is 5.92 Å². The quantitative estimate of drug-likeness (QED) is 0.320. The fourth-order valence-corrected chi connectivity index (χ4v) is 2.68. The van der Waals surface area contributed by atoms with E-state index in [4.69, 9.17) is 9.84 Å². The summed E-state index contributed by atoms with van der Waals surface area (Å²) in [5.41, 5.74) is 0. The van der Waals surface area contributed by atoms with Crippen LogP contribution in [0.5, 0.6) is 0 Å². The van der Waals surface area contributed by atoms with Crippen LogP contribution in [0.1, 0.15) is 51.9 Å². The number of rotatable bonds is 10. The number of unbranched alkanes of at least 4 members (excludes halogenated alkanes) is 2. The molecule has 0 amide bonds. The van der Waals surface area contributed by atoms with Crippen molar-refractivity contribution in [3.8, 4) is 0 Å². The van der Waals surface area contributed by atoms with E-state index in [-0.39, 0.29) is 18.8 Å². The minimum Gasteiger partial charge on any atom is -0.481 e. The maximum Gasteiger partial charge on any atom is 0.309 e. The minimum absolute atomic E-state index is 0.0686. The lowest BCUT2D eigenvalue weighted by Crippen LogP contribution is -2.41. The van der Waals surface area contributed by atoms with Gasteiger partial charge in [-0.15, -0.1) is 0 Å². The van der Waals surface area contributed by atoms with Crippen LogP contribution in [-0.2, 0) is 14.3 Å². The molecule has 0 spiro atoms. The number of cyclic esters (lactones) is 1. The average Bonchev–Trinajstić information content (AvgIpc) is 2.51. The number of aliphatic hydroxyl groups excluding tert-OH is 2. The highest BCUT2D eigenvalue weighted by Gasteiger charge is 2.35. The predicted octanol–water partition coefficient (Wildman–Crippen LogP) is 2.20. The summed E-state index contributed by atoms with van der Waals surface area (Å²) < 4.78 is 5.28. The van der Waals surface area contributed by atoms with E-state index in [1.807, 2.05) is 0 Å². The van der Waals surface area contributed by atoms with Crippen molar-refractivity contribution < 1.29 is 29.6 Å². The Morgan fingerprint density at radius 3 is 2.79 bits per heavy atom. The summed E-state index contributed by atoms with van der Waals surface area (Å²) in [6, 6.07) is 0. The van der Waals surface area contributed by atoms with Gasteiger partial charge in [0.1, 0.15) is 6.10 Å². The van der Waals surface area contributed by atoms with Crippen molar-refractivity contribution in [2.24, 2.45) is 5.92 Å². The molecule has 0 saturated carbocycles. The van der Waals surface area contributed by atoms with Gasteiger partial charge in [0.2, 0.25) is 0 Å². The Kier molecular flexibility index (Phi) is 9.34. The molecule has 0 aromatic rings. The predicted molar refractivity (Wildman–Crippen MR) is 89.3 cm³/mol. The number of aliphatic hydroxyl groups is 2. The maximum atomic E-state index is 11.5. The Morgan fingerprint density at radius 2 is 2.12 bits per heavy atom. The van der Waals surface area contributed by atoms with Crippen LogP contribution < -0.4 is 0 Å². The van der Waals surface area contributed by atoms with Crippen molar-refractivity contribution in [3.05, 3.63) is 24.3 Å². The molecule has 4 atom stereocenters. The maximum absolute atomic E-state index is 11.5. The van der Waals surface area contributed by atoms with Gasteiger partial charge in [-0.1, -0.05) is 44.4 Å². The van der Waals surface area contributed by atoms with E-state index in [0.29, 0.717) is 12.8 Å². The smallest absolute Gasteiger partial charge is 0.309 e. The van der Waals surface area contributed by atoms with Crippen LogP contribution in [0.25, 0.3) is 0 Å². The third-order valence-electron chi connectivity index (χ3n) is 4.05. The minimum atomic E-state index is -0.923. The molecule has 0 aliphatic carbocycles. The number of carbonyl (C=O) groups is 2. The fraction of sp³-hybridized carbons (Fsp3) is 0.667. The van der Waals surface area contributed by atoms with Gasteiger partial charge in [-0.3, -0.25) is 9.59 Å². The zero-order valence-corrected chi connectivity index (χ0v) is 14.1. The van der Waals surface area contributed by atoms with Gasteiger partial charge in [-0.2, -0.15) is 0 Å². The molecule has 0 unspecified atom stereocenters. The number of allylic oxidation sites excluding steroid dienone is 1. The summed E-state index contributed by atoms with van der Waals surface area (Å²) in [6.45, 7) is 2.09. The molecule has 0 aromatic heterocycles. The normalized spacial score (nSPS) is 26.0. The van der Waals surface area contributed by atoms with Crippen molar-refractivity contribution in [3.63, 3.8) is 0 Å². The van der Waals surface area contributed by atoms with Crippen molar-refractivity contribution in [1.29, 1.82) is 0 Å². The van der Waals surface area contributed by atoms with Crippen LogP contribution >= 0.6 is 0 Å². The average molecular weight is 340 g/mol. The molecule has 1 aliphatic heterocycles. The third-order valence-corrected chi connectivity index (χ3v) is 4.05. The molecule has 1 heterocycles. The molecule has 0 aromatic carbocycles. The van der Waals surface area contributed by atoms with Gasteiger partial charge < -0.3 is 20.1 Å². The van der Waals surface area contributed by atoms with Gasteiger partial charge in [0.05, 0.1) is 25.0 Å². The molecule has 24 heavy (non-hydrogen) atoms. The highest BCUT2D eigenvalue weighted by Crippen LogP contribution is 2.27. The molecule has 0 bridgehead atoms. The van der Waals surface area contributed by atoms with E-state index < -0.39 is 30.3 Å². The van der Waals surface area contributed by atoms with E-state index in [1.54, 1.807) is 18.2 Å². The number of carboxylic acids is 1. The summed E-state index contributed by atoms with van der Waals surface area (Å²) in [5, 5.41) is 28.7. The zero-order chi connectivity index (χ0) is 17.9. The number of esters is 1. The summed E-state index contributed by atoms with van der Waals surface area (Å²) >= 11 is 0. The fourth-order valence-electron chi connectivity index (χ4n) is 2.68. The molecule has 0 radical (unpaired) electrons. The number of hydrogen-bond acceptors (Lipinski definition) is 5. The summed E-state index contributed by atoms with van der Waals surface area (Å²) in [5.74, 6) is -1.73. The Hall–Kier alpha value is -1.66. The first kappa shape index (κ1) is 20.4. The Balaban J connectivity index is 2.62. The van der Waals surface area contributed by atoms with Gasteiger partial charge in [-0.25, -0.2) is 0 Å². The van der Waals surface area contributed by atoms with Crippen LogP contribution in [-0.4, -0.2) is 45.6 Å². The number of carboxylic acid groups (broad SMARTS) is 1. The van der Waals surface area contributed by atoms with Crippen molar-refractivity contribution in [2.45, 2.75) is 70.2 Å². The molecular weight excluding hydrogens is 312 g/mol. The second-order valence-corrected chi connectivity index (χ2v) is 6.14. The van der Waals surface area contributed by atoms with Gasteiger partial charge in [0.25, 0.3) is 0 Å². The number of hydrogen-bond donors (Lipinski definition) is 3. The van der Waals surface area contributed by atoms with Gasteiger partial charge in [-0.05, 0) is 18.9 Å². The van der Waals surface area contributed by atoms with E-state index in [2.05, 4.69) is 6.92 Å². The second kappa shape index (κ2) is 11.0. The van der Waals surface area contributed by atoms with Gasteiger partial charge >= 0.3 is 11.9 Å². The van der Waals surface area contributed by atoms with Crippen LogP contribution in [0.2, 0.25) is 0 Å². The summed E-state index contributed by atoms with van der Waals surface area (Å²) in [6.07, 6.45) is 8.35. The SMILES string of the molecule is CCCCC[C@H](O)C=C[C@H]1OC(=O)C[C@H](O)[C@@H]1CC=CCC(=O)O. The van der Waals surface area contributed by atoms with E-state index in [1.165, 1.54) is 6.08 Å². The molecule has 6 nitrogen and oxygen atoms in total. The summed E-state index contributed by atoms with van der Waals surface area (Å²) in [7, 11) is 0. The van der Waals surface area contributed by atoms with Crippen LogP contribution in [0, 0.1) is 5.92 Å². The van der Waals surface area contributed by atoms with Crippen LogP contribution in [0.15, 0.2) is 24.3 Å². The number of ether oxygens (including phenoxy) is 1. The first-order valence-corrected chi connectivity index (χ1v) is 8.54. The van der Waals surface area contributed by atoms with Crippen molar-refractivity contribution in [1.82, 2.24) is 0 Å². The number of carbonyl (C=O) groups excluding carboxylic acids is 1.